The predicted molar refractivity (Wildman–Crippen MR) is 128 cm³/mol. The lowest BCUT2D eigenvalue weighted by atomic mass is 9.78. The summed E-state index contributed by atoms with van der Waals surface area (Å²) < 4.78 is 11.6. The van der Waals surface area contributed by atoms with E-state index in [0.29, 0.717) is 5.92 Å². The Morgan fingerprint density at radius 3 is 2.66 bits per heavy atom. The van der Waals surface area contributed by atoms with Crippen molar-refractivity contribution in [1.29, 1.82) is 0 Å². The van der Waals surface area contributed by atoms with Crippen molar-refractivity contribution in [3.63, 3.8) is 0 Å². The molecule has 3 fully saturated rings. The van der Waals surface area contributed by atoms with Gasteiger partial charge >= 0.3 is 11.9 Å². The molecule has 176 valence electrons. The largest absolute Gasteiger partial charge is 0.458 e. The Labute approximate surface area is 197 Å². The van der Waals surface area contributed by atoms with Crippen LogP contribution >= 0.6 is 11.8 Å². The average molecular weight is 459 g/mol. The molecule has 4 nitrogen and oxygen atoms in total. The first kappa shape index (κ1) is 23.7. The highest BCUT2D eigenvalue weighted by Crippen LogP contribution is 2.55. The number of hydrogen-bond donors (Lipinski definition) is 0. The predicted octanol–water partition coefficient (Wildman–Crippen LogP) is 6.12. The first-order valence-electron chi connectivity index (χ1n) is 12.4. The topological polar surface area (TPSA) is 52.6 Å². The summed E-state index contributed by atoms with van der Waals surface area (Å²) >= 11 is 2.00. The Bertz CT molecular complexity index is 817. The molecule has 0 N–H and O–H groups in total. The summed E-state index contributed by atoms with van der Waals surface area (Å²) in [5.41, 5.74) is 2.08. The molecule has 3 aliphatic rings. The first-order valence-corrected chi connectivity index (χ1v) is 13.6. The molecule has 1 aliphatic heterocycles. The second kappa shape index (κ2) is 9.79. The number of hydrogen-bond acceptors (Lipinski definition) is 5. The van der Waals surface area contributed by atoms with Crippen molar-refractivity contribution >= 4 is 23.7 Å². The Hall–Kier alpha value is -1.49. The molecule has 1 saturated heterocycles. The molecule has 0 amide bonds. The van der Waals surface area contributed by atoms with Crippen LogP contribution in [0.2, 0.25) is 0 Å². The third-order valence-electron chi connectivity index (χ3n) is 7.82. The molecular formula is C27H38O4S. The fraction of sp³-hybridized carbons (Fsp3) is 0.704. The Morgan fingerprint density at radius 1 is 1.22 bits per heavy atom. The Balaban J connectivity index is 1.34. The van der Waals surface area contributed by atoms with E-state index in [2.05, 4.69) is 38.1 Å². The molecule has 5 heteroatoms. The zero-order valence-corrected chi connectivity index (χ0v) is 20.8. The molecule has 32 heavy (non-hydrogen) atoms. The molecule has 0 radical (unpaired) electrons. The Kier molecular flexibility index (Phi) is 7.24. The maximum absolute atomic E-state index is 13.2. The second-order valence-corrected chi connectivity index (χ2v) is 11.7. The number of fused-ring (bicyclic) bond motifs is 1. The van der Waals surface area contributed by atoms with Crippen LogP contribution in [0.15, 0.2) is 24.3 Å². The summed E-state index contributed by atoms with van der Waals surface area (Å²) in [6, 6.07) is 8.95. The molecule has 4 rings (SSSR count). The van der Waals surface area contributed by atoms with Crippen molar-refractivity contribution in [2.24, 2.45) is 23.2 Å². The lowest BCUT2D eigenvalue weighted by Crippen LogP contribution is -2.40. The van der Waals surface area contributed by atoms with Gasteiger partial charge in [0.1, 0.15) is 12.2 Å². The molecule has 0 spiro atoms. The van der Waals surface area contributed by atoms with E-state index in [-0.39, 0.29) is 41.9 Å². The van der Waals surface area contributed by atoms with Crippen molar-refractivity contribution in [2.45, 2.75) is 90.1 Å². The maximum atomic E-state index is 13.2. The van der Waals surface area contributed by atoms with Crippen LogP contribution in [0.25, 0.3) is 0 Å². The molecule has 1 aromatic carbocycles. The number of ether oxygens (including phenoxy) is 2. The van der Waals surface area contributed by atoms with Crippen molar-refractivity contribution in [3.8, 4) is 0 Å². The lowest BCUT2D eigenvalue weighted by molar-refractivity contribution is -0.171. The van der Waals surface area contributed by atoms with Gasteiger partial charge in [0.25, 0.3) is 0 Å². The molecule has 1 heterocycles. The summed E-state index contributed by atoms with van der Waals surface area (Å²) in [6.07, 6.45) is 5.57. The van der Waals surface area contributed by atoms with E-state index in [1.54, 1.807) is 0 Å². The Morgan fingerprint density at radius 2 is 1.97 bits per heavy atom. The fourth-order valence-corrected chi connectivity index (χ4v) is 6.93. The third-order valence-corrected chi connectivity index (χ3v) is 8.94. The third kappa shape index (κ3) is 4.73. The number of carbonyl (C=O) groups excluding carboxylic acids is 2. The van der Waals surface area contributed by atoms with Gasteiger partial charge in [0.15, 0.2) is 0 Å². The standard InChI is InChI=1S/C27H38O4S/c1-5-7-12-32-16-17-8-10-19(11-9-17)18(6-2)15-27(3,4)26(29)31-23-20-13-21-22(14-20)25(28)30-24(21)23/h8-11,18,20-24H,5-7,12-16H2,1-4H3. The van der Waals surface area contributed by atoms with Gasteiger partial charge in [-0.1, -0.05) is 44.5 Å². The quantitative estimate of drug-likeness (QED) is 0.295. The molecular weight excluding hydrogens is 420 g/mol. The highest BCUT2D eigenvalue weighted by atomic mass is 32.2. The van der Waals surface area contributed by atoms with Gasteiger partial charge in [-0.25, -0.2) is 0 Å². The van der Waals surface area contributed by atoms with Crippen molar-refractivity contribution in [1.82, 2.24) is 0 Å². The van der Waals surface area contributed by atoms with Crippen LogP contribution in [0.1, 0.15) is 83.3 Å². The summed E-state index contributed by atoms with van der Waals surface area (Å²) in [5, 5.41) is 0. The van der Waals surface area contributed by atoms with E-state index in [0.717, 1.165) is 31.4 Å². The molecule has 1 aromatic rings. The van der Waals surface area contributed by atoms with Crippen LogP contribution in [0.4, 0.5) is 0 Å². The van der Waals surface area contributed by atoms with Crippen molar-refractivity contribution in [3.05, 3.63) is 35.4 Å². The zero-order valence-electron chi connectivity index (χ0n) is 20.0. The molecule has 0 aromatic heterocycles. The number of carbonyl (C=O) groups is 2. The number of rotatable bonds is 11. The van der Waals surface area contributed by atoms with Gasteiger partial charge in [0, 0.05) is 17.6 Å². The van der Waals surface area contributed by atoms with Gasteiger partial charge in [-0.15, -0.1) is 0 Å². The zero-order chi connectivity index (χ0) is 22.9. The first-order chi connectivity index (χ1) is 15.3. The smallest absolute Gasteiger partial charge is 0.311 e. The van der Waals surface area contributed by atoms with E-state index >= 15 is 0 Å². The van der Waals surface area contributed by atoms with Gasteiger partial charge in [-0.2, -0.15) is 11.8 Å². The molecule has 2 aliphatic carbocycles. The minimum atomic E-state index is -0.584. The number of esters is 2. The van der Waals surface area contributed by atoms with Crippen molar-refractivity contribution in [2.75, 3.05) is 5.75 Å². The number of thioether (sulfide) groups is 1. The second-order valence-electron chi connectivity index (χ2n) is 10.6. The average Bonchev–Trinajstić information content (AvgIpc) is 3.41. The van der Waals surface area contributed by atoms with Crippen LogP contribution in [0.3, 0.4) is 0 Å². The summed E-state index contributed by atoms with van der Waals surface area (Å²) in [6.45, 7) is 8.41. The summed E-state index contributed by atoms with van der Waals surface area (Å²) in [7, 11) is 0. The van der Waals surface area contributed by atoms with Crippen LogP contribution in [0, 0.1) is 23.2 Å². The van der Waals surface area contributed by atoms with Gasteiger partial charge in [0.2, 0.25) is 0 Å². The van der Waals surface area contributed by atoms with E-state index in [9.17, 15) is 9.59 Å². The van der Waals surface area contributed by atoms with Gasteiger partial charge in [-0.3, -0.25) is 9.59 Å². The van der Waals surface area contributed by atoms with Crippen LogP contribution in [-0.4, -0.2) is 29.9 Å². The van der Waals surface area contributed by atoms with Crippen LogP contribution in [-0.2, 0) is 24.8 Å². The number of benzene rings is 1. The highest BCUT2D eigenvalue weighted by Gasteiger charge is 2.63. The van der Waals surface area contributed by atoms with E-state index in [4.69, 9.17) is 9.47 Å². The van der Waals surface area contributed by atoms with Crippen molar-refractivity contribution < 1.29 is 19.1 Å². The monoisotopic (exact) mass is 458 g/mol. The van der Waals surface area contributed by atoms with E-state index < -0.39 is 5.41 Å². The summed E-state index contributed by atoms with van der Waals surface area (Å²) in [5.74, 6) is 2.94. The molecule has 2 bridgehead atoms. The number of unbranched alkanes of at least 4 members (excludes halogenated alkanes) is 1. The van der Waals surface area contributed by atoms with Gasteiger partial charge < -0.3 is 9.47 Å². The molecule has 2 saturated carbocycles. The minimum Gasteiger partial charge on any atom is -0.458 e. The normalized spacial score (nSPS) is 29.2. The van der Waals surface area contributed by atoms with E-state index in [1.165, 1.54) is 29.7 Å². The van der Waals surface area contributed by atoms with Gasteiger partial charge in [-0.05, 0) is 68.7 Å². The maximum Gasteiger partial charge on any atom is 0.311 e. The molecule has 6 unspecified atom stereocenters. The molecule has 6 atom stereocenters. The summed E-state index contributed by atoms with van der Waals surface area (Å²) in [4.78, 5) is 25.2. The van der Waals surface area contributed by atoms with Crippen LogP contribution < -0.4 is 0 Å². The van der Waals surface area contributed by atoms with Crippen LogP contribution in [0.5, 0.6) is 0 Å². The SMILES string of the molecule is CCCCSCc1ccc(C(CC)CC(C)(C)C(=O)OC2C3CC4C(=O)OC2C4C3)cc1. The van der Waals surface area contributed by atoms with E-state index in [1.807, 2.05) is 25.6 Å². The lowest BCUT2D eigenvalue weighted by Gasteiger charge is -2.32. The fourth-order valence-electron chi connectivity index (χ4n) is 5.87. The van der Waals surface area contributed by atoms with Gasteiger partial charge in [0.05, 0.1) is 11.3 Å². The highest BCUT2D eigenvalue weighted by molar-refractivity contribution is 7.98. The minimum absolute atomic E-state index is 0.0467.